The second-order valence-corrected chi connectivity index (χ2v) is 8.97. The van der Waals surface area contributed by atoms with Crippen LogP contribution >= 0.6 is 22.9 Å². The number of H-pyrrole nitrogens is 1. The van der Waals surface area contributed by atoms with Crippen LogP contribution in [0.3, 0.4) is 0 Å². The Morgan fingerprint density at radius 1 is 1.48 bits per heavy atom. The molecule has 0 spiro atoms. The van der Waals surface area contributed by atoms with Crippen molar-refractivity contribution in [2.45, 2.75) is 37.4 Å². The molecule has 0 radical (unpaired) electrons. The van der Waals surface area contributed by atoms with Crippen LogP contribution in [0.25, 0.3) is 11.2 Å². The maximum Gasteiger partial charge on any atom is 0.296 e. The molecule has 4 atom stereocenters. The summed E-state index contributed by atoms with van der Waals surface area (Å²) in [5.74, 6) is 6.63. The van der Waals surface area contributed by atoms with E-state index in [1.165, 1.54) is 5.01 Å². The van der Waals surface area contributed by atoms with E-state index in [0.29, 0.717) is 28.5 Å². The number of nitroso groups, excluding NO2 is 1. The number of pyridine rings is 1. The van der Waals surface area contributed by atoms with Crippen LogP contribution in [0.5, 0.6) is 6.01 Å². The normalized spacial score (nSPS) is 27.5. The topological polar surface area (TPSA) is 154 Å². The molecule has 0 bridgehead atoms. The molecular weight excluding hydrogens is 446 g/mol. The van der Waals surface area contributed by atoms with Gasteiger partial charge in [0, 0.05) is 4.88 Å². The molecule has 3 aromatic rings. The predicted molar refractivity (Wildman–Crippen MR) is 115 cm³/mol. The lowest BCUT2D eigenvalue weighted by molar-refractivity contribution is -0.0646. The summed E-state index contributed by atoms with van der Waals surface area (Å²) in [5, 5.41) is 6.89. The van der Waals surface area contributed by atoms with E-state index in [2.05, 4.69) is 20.1 Å². The summed E-state index contributed by atoms with van der Waals surface area (Å²) < 4.78 is 17.1. The zero-order valence-corrected chi connectivity index (χ0v) is 18.0. The van der Waals surface area contributed by atoms with Crippen LogP contribution in [0.1, 0.15) is 10.4 Å². The maximum absolute atomic E-state index is 11.0. The smallest absolute Gasteiger partial charge is 0.296 e. The number of aryl methyl sites for hydroxylation is 1. The second-order valence-electron chi connectivity index (χ2n) is 7.56. The van der Waals surface area contributed by atoms with Gasteiger partial charge in [-0.2, -0.15) is 9.89 Å². The average Bonchev–Trinajstić information content (AvgIpc) is 3.47. The molecule has 0 aliphatic carbocycles. The van der Waals surface area contributed by atoms with Crippen LogP contribution in [-0.4, -0.2) is 52.1 Å². The molecule has 164 valence electrons. The van der Waals surface area contributed by atoms with Gasteiger partial charge in [-0.3, -0.25) is 10.7 Å². The van der Waals surface area contributed by atoms with Gasteiger partial charge in [-0.25, -0.2) is 10.8 Å². The van der Waals surface area contributed by atoms with Gasteiger partial charge in [0.1, 0.15) is 12.1 Å². The van der Waals surface area contributed by atoms with Crippen LogP contribution in [-0.2, 0) is 16.0 Å². The third-order valence-electron chi connectivity index (χ3n) is 5.56. The molecule has 0 saturated carbocycles. The first kappa shape index (κ1) is 20.5. The Morgan fingerprint density at radius 2 is 2.32 bits per heavy atom. The Morgan fingerprint density at radius 3 is 3.06 bits per heavy atom. The van der Waals surface area contributed by atoms with Gasteiger partial charge in [-0.15, -0.1) is 11.3 Å². The van der Waals surface area contributed by atoms with Crippen molar-refractivity contribution in [3.05, 3.63) is 37.9 Å². The van der Waals surface area contributed by atoms with Crippen LogP contribution < -0.4 is 21.3 Å². The lowest BCUT2D eigenvalue weighted by Crippen LogP contribution is -2.57. The monoisotopic (exact) mass is 465 g/mol. The van der Waals surface area contributed by atoms with Crippen molar-refractivity contribution in [2.75, 3.05) is 18.2 Å². The largest absolute Gasteiger partial charge is 0.454 e. The van der Waals surface area contributed by atoms with E-state index in [4.69, 9.17) is 37.4 Å². The third-order valence-corrected chi connectivity index (χ3v) is 6.84. The molecule has 3 aromatic heterocycles. The van der Waals surface area contributed by atoms with Gasteiger partial charge >= 0.3 is 0 Å². The number of hydrazine groups is 1. The molecule has 5 heterocycles. The highest BCUT2D eigenvalue weighted by Crippen LogP contribution is 2.37. The minimum absolute atomic E-state index is 0.0846. The Bertz CT molecular complexity index is 1140. The number of thiophene rings is 1. The molecule has 0 amide bonds. The van der Waals surface area contributed by atoms with Crippen LogP contribution in [0.4, 0.5) is 5.82 Å². The third kappa shape index (κ3) is 3.45. The molecule has 0 aromatic carbocycles. The summed E-state index contributed by atoms with van der Waals surface area (Å²) in [6, 6.07) is 3.23. The van der Waals surface area contributed by atoms with Crippen molar-refractivity contribution in [3.8, 4) is 6.01 Å². The fourth-order valence-corrected chi connectivity index (χ4v) is 4.99. The fourth-order valence-electron chi connectivity index (χ4n) is 3.82. The quantitative estimate of drug-likeness (QED) is 0.281. The number of nitrogens with two attached hydrogens (primary N) is 2. The number of nitrogens with one attached hydrogen (secondary N) is 1. The van der Waals surface area contributed by atoms with E-state index in [0.717, 1.165) is 10.4 Å². The summed E-state index contributed by atoms with van der Waals surface area (Å²) in [7, 11) is 0. The summed E-state index contributed by atoms with van der Waals surface area (Å²) in [5.41, 5.74) is 7.14. The van der Waals surface area contributed by atoms with E-state index in [1.54, 1.807) is 17.4 Å². The minimum Gasteiger partial charge on any atom is -0.454 e. The Kier molecular flexibility index (Phi) is 5.07. The number of fused-ring (bicyclic) bond motifs is 2. The second kappa shape index (κ2) is 7.65. The Balaban J connectivity index is 1.37. The SMILES string of the molecule is Cc1ccsc1CN(N)c1nc2nc(O[C@@H]3CO[C@@H]4[C@H](N=O)CO[C@@]43N)[nH]c2cc1Cl. The molecule has 11 nitrogen and oxygen atoms in total. The summed E-state index contributed by atoms with van der Waals surface area (Å²) >= 11 is 8.03. The van der Waals surface area contributed by atoms with E-state index in [1.807, 2.05) is 18.4 Å². The van der Waals surface area contributed by atoms with Gasteiger partial charge in [0.2, 0.25) is 0 Å². The number of nitrogens with zero attached hydrogens (tertiary/aromatic N) is 4. The highest BCUT2D eigenvalue weighted by atomic mass is 35.5. The molecular formula is C18H20ClN7O4S. The molecule has 5 rings (SSSR count). The number of halogens is 1. The summed E-state index contributed by atoms with van der Waals surface area (Å²) in [6.07, 6.45) is -1.34. The zero-order valence-electron chi connectivity index (χ0n) is 16.4. The summed E-state index contributed by atoms with van der Waals surface area (Å²) in [4.78, 5) is 24.0. The Labute approximate surface area is 185 Å². The first-order valence-corrected chi connectivity index (χ1v) is 10.8. The van der Waals surface area contributed by atoms with Gasteiger partial charge in [0.15, 0.2) is 23.3 Å². The number of ether oxygens (including phenoxy) is 3. The number of anilines is 1. The van der Waals surface area contributed by atoms with E-state index in [9.17, 15) is 4.91 Å². The number of imidazole rings is 1. The Hall–Kier alpha value is -2.35. The molecule has 2 aliphatic rings. The van der Waals surface area contributed by atoms with Gasteiger partial charge < -0.3 is 19.2 Å². The standard InChI is InChI=1S/C18H20ClN7O4S/c1-8-2-3-31-12(8)5-26(21)16-9(19)4-10-15(23-16)24-17(22-10)30-13-7-28-14-11(25-27)6-29-18(13,14)20/h2-4,11,13-14H,5-7,20-21H2,1H3,(H,22,23,24)/t11-,13-,14-,18-/m1/s1. The highest BCUT2D eigenvalue weighted by molar-refractivity contribution is 7.10. The van der Waals surface area contributed by atoms with Crippen LogP contribution in [0.15, 0.2) is 22.7 Å². The van der Waals surface area contributed by atoms with Gasteiger partial charge in [0.05, 0.1) is 30.3 Å². The van der Waals surface area contributed by atoms with E-state index < -0.39 is 24.0 Å². The van der Waals surface area contributed by atoms with Gasteiger partial charge in [-0.1, -0.05) is 16.8 Å². The zero-order chi connectivity index (χ0) is 21.8. The van der Waals surface area contributed by atoms with Crippen molar-refractivity contribution < 1.29 is 14.2 Å². The lowest BCUT2D eigenvalue weighted by Gasteiger charge is -2.27. The molecule has 2 saturated heterocycles. The molecule has 31 heavy (non-hydrogen) atoms. The van der Waals surface area contributed by atoms with Crippen molar-refractivity contribution in [3.63, 3.8) is 0 Å². The van der Waals surface area contributed by atoms with Crippen molar-refractivity contribution in [1.29, 1.82) is 0 Å². The minimum atomic E-state index is -1.28. The summed E-state index contributed by atoms with van der Waals surface area (Å²) in [6.45, 7) is 2.72. The highest BCUT2D eigenvalue weighted by Gasteiger charge is 2.60. The average molecular weight is 466 g/mol. The van der Waals surface area contributed by atoms with E-state index in [-0.39, 0.29) is 19.2 Å². The lowest BCUT2D eigenvalue weighted by atomic mass is 10.0. The first-order valence-electron chi connectivity index (χ1n) is 9.54. The van der Waals surface area contributed by atoms with Gasteiger partial charge in [-0.05, 0) is 30.0 Å². The molecule has 13 heteroatoms. The predicted octanol–water partition coefficient (Wildman–Crippen LogP) is 1.83. The van der Waals surface area contributed by atoms with Crippen LogP contribution in [0.2, 0.25) is 5.02 Å². The van der Waals surface area contributed by atoms with Crippen molar-refractivity contribution in [1.82, 2.24) is 15.0 Å². The number of aromatic amines is 1. The number of rotatable bonds is 6. The fraction of sp³-hybridized carbons (Fsp3) is 0.444. The molecule has 2 aliphatic heterocycles. The maximum atomic E-state index is 11.0. The molecule has 0 unspecified atom stereocenters. The van der Waals surface area contributed by atoms with Crippen molar-refractivity contribution >= 4 is 39.9 Å². The molecule has 5 N–H and O–H groups in total. The number of hydrogen-bond donors (Lipinski definition) is 3. The van der Waals surface area contributed by atoms with Crippen molar-refractivity contribution in [2.24, 2.45) is 16.8 Å². The number of hydrogen-bond acceptors (Lipinski definition) is 11. The van der Waals surface area contributed by atoms with E-state index >= 15 is 0 Å². The van der Waals surface area contributed by atoms with Crippen LogP contribution in [0, 0.1) is 11.8 Å². The molecule has 2 fully saturated rings. The first-order chi connectivity index (χ1) is 14.9. The number of aromatic nitrogens is 3. The van der Waals surface area contributed by atoms with Gasteiger partial charge in [0.25, 0.3) is 6.01 Å².